The molecule has 0 amide bonds. The van der Waals surface area contributed by atoms with Crippen molar-refractivity contribution in [2.75, 3.05) is 0 Å². The molecule has 0 aliphatic rings. The first-order valence-electron chi connectivity index (χ1n) is 6.89. The molecule has 2 aromatic rings. The van der Waals surface area contributed by atoms with E-state index in [4.69, 9.17) is 5.73 Å². The second-order valence-electron chi connectivity index (χ2n) is 4.88. The zero-order valence-corrected chi connectivity index (χ0v) is 11.8. The molecule has 0 aromatic heterocycles. The fourth-order valence-electron chi connectivity index (χ4n) is 2.45. The summed E-state index contributed by atoms with van der Waals surface area (Å²) in [6, 6.07) is 8.92. The lowest BCUT2D eigenvalue weighted by Gasteiger charge is -2.16. The molecule has 20 heavy (non-hydrogen) atoms. The minimum absolute atomic E-state index is 0.317. The van der Waals surface area contributed by atoms with Gasteiger partial charge in [0, 0.05) is 11.6 Å². The molecule has 2 N–H and O–H groups in total. The van der Waals surface area contributed by atoms with Crippen LogP contribution in [0.5, 0.6) is 0 Å². The van der Waals surface area contributed by atoms with E-state index >= 15 is 0 Å². The topological polar surface area (TPSA) is 26.0 Å². The first-order chi connectivity index (χ1) is 9.56. The Bertz CT molecular complexity index is 608. The Morgan fingerprint density at radius 3 is 2.25 bits per heavy atom. The summed E-state index contributed by atoms with van der Waals surface area (Å²) in [5.74, 6) is -1.19. The van der Waals surface area contributed by atoms with Gasteiger partial charge in [-0.2, -0.15) is 0 Å². The van der Waals surface area contributed by atoms with Crippen LogP contribution in [0.2, 0.25) is 0 Å². The van der Waals surface area contributed by atoms with Crippen molar-refractivity contribution >= 4 is 0 Å². The SMILES string of the molecule is CCc1ccc(C(N)c2ccc(F)cc2F)cc1CC. The monoisotopic (exact) mass is 275 g/mol. The van der Waals surface area contributed by atoms with Crippen molar-refractivity contribution in [3.8, 4) is 0 Å². The fourth-order valence-corrected chi connectivity index (χ4v) is 2.45. The van der Waals surface area contributed by atoms with Gasteiger partial charge in [-0.15, -0.1) is 0 Å². The van der Waals surface area contributed by atoms with Gasteiger partial charge in [-0.3, -0.25) is 0 Å². The van der Waals surface area contributed by atoms with E-state index in [0.717, 1.165) is 24.5 Å². The summed E-state index contributed by atoms with van der Waals surface area (Å²) in [6.45, 7) is 4.19. The Morgan fingerprint density at radius 1 is 0.950 bits per heavy atom. The highest BCUT2D eigenvalue weighted by Crippen LogP contribution is 2.25. The van der Waals surface area contributed by atoms with E-state index in [1.54, 1.807) is 0 Å². The van der Waals surface area contributed by atoms with E-state index in [1.165, 1.54) is 23.3 Å². The van der Waals surface area contributed by atoms with Gasteiger partial charge in [0.25, 0.3) is 0 Å². The van der Waals surface area contributed by atoms with Crippen LogP contribution >= 0.6 is 0 Å². The third-order valence-electron chi connectivity index (χ3n) is 3.65. The van der Waals surface area contributed by atoms with Crippen LogP contribution in [0, 0.1) is 11.6 Å². The number of nitrogens with two attached hydrogens (primary N) is 1. The van der Waals surface area contributed by atoms with Gasteiger partial charge in [0.05, 0.1) is 6.04 Å². The van der Waals surface area contributed by atoms with Crippen molar-refractivity contribution in [2.45, 2.75) is 32.7 Å². The normalized spacial score (nSPS) is 12.4. The first-order valence-corrected chi connectivity index (χ1v) is 6.89. The van der Waals surface area contributed by atoms with E-state index in [0.29, 0.717) is 5.56 Å². The Kier molecular flexibility index (Phi) is 4.50. The van der Waals surface area contributed by atoms with Gasteiger partial charge in [-0.05, 0) is 35.6 Å². The molecule has 0 fully saturated rings. The van der Waals surface area contributed by atoms with Gasteiger partial charge in [0.1, 0.15) is 11.6 Å². The molecule has 0 aliphatic heterocycles. The Labute approximate surface area is 118 Å². The molecule has 0 aliphatic carbocycles. The largest absolute Gasteiger partial charge is 0.320 e. The maximum Gasteiger partial charge on any atom is 0.131 e. The van der Waals surface area contributed by atoms with Crippen molar-refractivity contribution in [1.82, 2.24) is 0 Å². The second-order valence-corrected chi connectivity index (χ2v) is 4.88. The molecule has 1 atom stereocenters. The molecule has 0 bridgehead atoms. The predicted molar refractivity (Wildman–Crippen MR) is 77.6 cm³/mol. The summed E-state index contributed by atoms with van der Waals surface area (Å²) in [5, 5.41) is 0. The van der Waals surface area contributed by atoms with Crippen LogP contribution in [0.1, 0.15) is 42.1 Å². The Morgan fingerprint density at radius 2 is 1.65 bits per heavy atom. The van der Waals surface area contributed by atoms with Crippen LogP contribution in [0.15, 0.2) is 36.4 Å². The average molecular weight is 275 g/mol. The number of aryl methyl sites for hydroxylation is 2. The summed E-state index contributed by atoms with van der Waals surface area (Å²) < 4.78 is 26.7. The maximum atomic E-state index is 13.8. The Balaban J connectivity index is 2.40. The lowest BCUT2D eigenvalue weighted by Crippen LogP contribution is -2.14. The molecular weight excluding hydrogens is 256 g/mol. The third kappa shape index (κ3) is 2.88. The molecular formula is C17H19F2N. The third-order valence-corrected chi connectivity index (χ3v) is 3.65. The molecule has 106 valence electrons. The zero-order valence-electron chi connectivity index (χ0n) is 11.8. The van der Waals surface area contributed by atoms with Crippen LogP contribution in [-0.2, 0) is 12.8 Å². The number of rotatable bonds is 4. The van der Waals surface area contributed by atoms with Gasteiger partial charge < -0.3 is 5.73 Å². The van der Waals surface area contributed by atoms with Gasteiger partial charge in [-0.1, -0.05) is 38.1 Å². The summed E-state index contributed by atoms with van der Waals surface area (Å²) in [5.41, 5.74) is 9.79. The predicted octanol–water partition coefficient (Wildman–Crippen LogP) is 4.14. The van der Waals surface area contributed by atoms with E-state index in [2.05, 4.69) is 13.8 Å². The highest BCUT2D eigenvalue weighted by molar-refractivity contribution is 5.38. The van der Waals surface area contributed by atoms with Crippen molar-refractivity contribution in [3.05, 3.63) is 70.3 Å². The number of benzene rings is 2. The number of hydrogen-bond acceptors (Lipinski definition) is 1. The van der Waals surface area contributed by atoms with Gasteiger partial charge in [0.2, 0.25) is 0 Å². The summed E-state index contributed by atoms with van der Waals surface area (Å²) in [4.78, 5) is 0. The van der Waals surface area contributed by atoms with Crippen molar-refractivity contribution in [3.63, 3.8) is 0 Å². The molecule has 0 radical (unpaired) electrons. The lowest BCUT2D eigenvalue weighted by atomic mass is 9.93. The second kappa shape index (κ2) is 6.14. The highest BCUT2D eigenvalue weighted by atomic mass is 19.1. The van der Waals surface area contributed by atoms with Crippen molar-refractivity contribution in [1.29, 1.82) is 0 Å². The molecule has 1 unspecified atom stereocenters. The van der Waals surface area contributed by atoms with Gasteiger partial charge in [-0.25, -0.2) is 8.78 Å². The standard InChI is InChI=1S/C17H19F2N/c1-3-11-5-6-13(9-12(11)4-2)17(20)15-8-7-14(18)10-16(15)19/h5-10,17H,3-4,20H2,1-2H3. The van der Waals surface area contributed by atoms with Crippen molar-refractivity contribution in [2.24, 2.45) is 5.73 Å². The molecule has 2 rings (SSSR count). The van der Waals surface area contributed by atoms with Gasteiger partial charge in [0.15, 0.2) is 0 Å². The van der Waals surface area contributed by atoms with E-state index in [1.807, 2.05) is 18.2 Å². The van der Waals surface area contributed by atoms with Crippen LogP contribution in [0.25, 0.3) is 0 Å². The molecule has 0 spiro atoms. The fraction of sp³-hybridized carbons (Fsp3) is 0.294. The van der Waals surface area contributed by atoms with Crippen LogP contribution in [0.4, 0.5) is 8.78 Å². The number of halogens is 2. The van der Waals surface area contributed by atoms with E-state index in [-0.39, 0.29) is 0 Å². The Hall–Kier alpha value is -1.74. The molecule has 0 saturated carbocycles. The zero-order chi connectivity index (χ0) is 14.7. The molecule has 2 aromatic carbocycles. The summed E-state index contributed by atoms with van der Waals surface area (Å²) in [7, 11) is 0. The van der Waals surface area contributed by atoms with E-state index < -0.39 is 17.7 Å². The lowest BCUT2D eigenvalue weighted by molar-refractivity contribution is 0.566. The minimum Gasteiger partial charge on any atom is -0.320 e. The summed E-state index contributed by atoms with van der Waals surface area (Å²) in [6.07, 6.45) is 1.87. The summed E-state index contributed by atoms with van der Waals surface area (Å²) >= 11 is 0. The minimum atomic E-state index is -0.602. The van der Waals surface area contributed by atoms with Crippen molar-refractivity contribution < 1.29 is 8.78 Å². The highest BCUT2D eigenvalue weighted by Gasteiger charge is 2.15. The molecule has 0 heterocycles. The molecule has 0 saturated heterocycles. The smallest absolute Gasteiger partial charge is 0.131 e. The van der Waals surface area contributed by atoms with Crippen LogP contribution < -0.4 is 5.73 Å². The van der Waals surface area contributed by atoms with Crippen LogP contribution in [0.3, 0.4) is 0 Å². The molecule has 1 nitrogen and oxygen atoms in total. The van der Waals surface area contributed by atoms with Crippen LogP contribution in [-0.4, -0.2) is 0 Å². The van der Waals surface area contributed by atoms with E-state index in [9.17, 15) is 8.78 Å². The molecule has 3 heteroatoms. The maximum absolute atomic E-state index is 13.8. The quantitative estimate of drug-likeness (QED) is 0.891. The van der Waals surface area contributed by atoms with Gasteiger partial charge >= 0.3 is 0 Å². The number of hydrogen-bond donors (Lipinski definition) is 1. The first kappa shape index (κ1) is 14.7. The average Bonchev–Trinajstić information content (AvgIpc) is 2.45.